The second-order valence-electron chi connectivity index (χ2n) is 3.15. The number of carbonyl (C=O) groups excluding carboxylic acids is 1. The number of halogens is 1. The highest BCUT2D eigenvalue weighted by atomic mass is 19.1. The van der Waals surface area contributed by atoms with Crippen LogP contribution in [0.15, 0.2) is 30.9 Å². The summed E-state index contributed by atoms with van der Waals surface area (Å²) in [6, 6.07) is 4.22. The molecule has 0 aromatic heterocycles. The number of hydrogen-bond donors (Lipinski definition) is 0. The van der Waals surface area contributed by atoms with Crippen molar-refractivity contribution in [1.82, 2.24) is 0 Å². The van der Waals surface area contributed by atoms with Crippen molar-refractivity contribution in [1.29, 1.82) is 0 Å². The summed E-state index contributed by atoms with van der Waals surface area (Å²) in [5.74, 6) is -0.393. The van der Waals surface area contributed by atoms with E-state index in [1.165, 1.54) is 12.1 Å². The second-order valence-corrected chi connectivity index (χ2v) is 3.15. The van der Waals surface area contributed by atoms with Crippen LogP contribution in [-0.4, -0.2) is 19.4 Å². The minimum atomic E-state index is -0.393. The van der Waals surface area contributed by atoms with E-state index in [2.05, 4.69) is 6.58 Å². The summed E-state index contributed by atoms with van der Waals surface area (Å²) in [6.45, 7) is 7.01. The van der Waals surface area contributed by atoms with Crippen LogP contribution in [0.4, 0.5) is 10.1 Å². The molecule has 0 atom stereocenters. The van der Waals surface area contributed by atoms with Crippen LogP contribution in [0.5, 0.6) is 0 Å². The molecule has 0 aliphatic heterocycles. The summed E-state index contributed by atoms with van der Waals surface area (Å²) in [7, 11) is 0. The van der Waals surface area contributed by atoms with Crippen LogP contribution < -0.4 is 4.90 Å². The summed E-state index contributed by atoms with van der Waals surface area (Å²) in [5, 5.41) is 0. The van der Waals surface area contributed by atoms with E-state index < -0.39 is 5.82 Å². The first-order valence-electron chi connectivity index (χ1n) is 4.83. The number of hydrogen-bond acceptors (Lipinski definition) is 2. The highest BCUT2D eigenvalue weighted by Gasteiger charge is 2.08. The lowest BCUT2D eigenvalue weighted by Crippen LogP contribution is -2.23. The summed E-state index contributed by atoms with van der Waals surface area (Å²) in [5.41, 5.74) is 1.12. The van der Waals surface area contributed by atoms with Crippen molar-refractivity contribution < 1.29 is 9.18 Å². The molecule has 0 saturated carbocycles. The molecular formula is C12H14FNO. The van der Waals surface area contributed by atoms with Crippen molar-refractivity contribution in [3.05, 3.63) is 42.2 Å². The molecule has 1 aromatic carbocycles. The summed E-state index contributed by atoms with van der Waals surface area (Å²) >= 11 is 0. The van der Waals surface area contributed by atoms with E-state index >= 15 is 0 Å². The molecule has 80 valence electrons. The molecule has 0 fully saturated rings. The third-order valence-electron chi connectivity index (χ3n) is 2.19. The first-order chi connectivity index (χ1) is 7.22. The fourth-order valence-corrected chi connectivity index (χ4v) is 1.46. The maximum atomic E-state index is 12.9. The topological polar surface area (TPSA) is 20.3 Å². The van der Waals surface area contributed by atoms with Gasteiger partial charge < -0.3 is 4.90 Å². The van der Waals surface area contributed by atoms with Crippen LogP contribution in [-0.2, 0) is 0 Å². The molecule has 0 aliphatic carbocycles. The number of benzene rings is 1. The Labute approximate surface area is 89.0 Å². The lowest BCUT2D eigenvalue weighted by Gasteiger charge is -2.22. The minimum absolute atomic E-state index is 0.374. The summed E-state index contributed by atoms with van der Waals surface area (Å²) < 4.78 is 12.9. The lowest BCUT2D eigenvalue weighted by atomic mass is 10.1. The van der Waals surface area contributed by atoms with Gasteiger partial charge in [0.1, 0.15) is 5.82 Å². The Bertz CT molecular complexity index is 363. The Kier molecular flexibility index (Phi) is 4.03. The Balaban J connectivity index is 3.10. The molecule has 1 aromatic rings. The van der Waals surface area contributed by atoms with E-state index in [4.69, 9.17) is 0 Å². The van der Waals surface area contributed by atoms with Crippen LogP contribution >= 0.6 is 0 Å². The molecule has 0 radical (unpaired) electrons. The Morgan fingerprint density at radius 2 is 2.27 bits per heavy atom. The van der Waals surface area contributed by atoms with E-state index in [-0.39, 0.29) is 0 Å². The minimum Gasteiger partial charge on any atom is -0.368 e. The molecule has 2 nitrogen and oxygen atoms in total. The van der Waals surface area contributed by atoms with Gasteiger partial charge in [0, 0.05) is 24.3 Å². The van der Waals surface area contributed by atoms with Crippen molar-refractivity contribution in [2.45, 2.75) is 6.92 Å². The van der Waals surface area contributed by atoms with Crippen molar-refractivity contribution in [2.75, 3.05) is 18.0 Å². The number of anilines is 1. The molecule has 0 bridgehead atoms. The fraction of sp³-hybridized carbons (Fsp3) is 0.250. The van der Waals surface area contributed by atoms with Gasteiger partial charge in [0.25, 0.3) is 0 Å². The quantitative estimate of drug-likeness (QED) is 0.546. The Morgan fingerprint density at radius 1 is 1.53 bits per heavy atom. The predicted octanol–water partition coefficient (Wildman–Crippen LogP) is 2.65. The lowest BCUT2D eigenvalue weighted by molar-refractivity contribution is 0.112. The number of likely N-dealkylation sites (N-methyl/N-ethyl adjacent to an activating group) is 1. The number of nitrogens with zero attached hydrogens (tertiary/aromatic N) is 1. The molecule has 0 amide bonds. The fourth-order valence-electron chi connectivity index (χ4n) is 1.46. The van der Waals surface area contributed by atoms with Gasteiger partial charge in [-0.15, -0.1) is 6.58 Å². The monoisotopic (exact) mass is 207 g/mol. The molecule has 0 aliphatic rings. The van der Waals surface area contributed by atoms with Gasteiger partial charge in [-0.2, -0.15) is 0 Å². The van der Waals surface area contributed by atoms with Crippen LogP contribution in [0, 0.1) is 5.82 Å². The Morgan fingerprint density at radius 3 is 2.80 bits per heavy atom. The molecule has 15 heavy (non-hydrogen) atoms. The van der Waals surface area contributed by atoms with Crippen molar-refractivity contribution in [3.8, 4) is 0 Å². The van der Waals surface area contributed by atoms with Gasteiger partial charge in [0.05, 0.1) is 0 Å². The molecule has 0 spiro atoms. The number of aldehydes is 1. The molecular weight excluding hydrogens is 193 g/mol. The molecule has 3 heteroatoms. The van der Waals surface area contributed by atoms with Gasteiger partial charge >= 0.3 is 0 Å². The zero-order valence-electron chi connectivity index (χ0n) is 8.74. The highest BCUT2D eigenvalue weighted by Crippen LogP contribution is 2.19. The van der Waals surface area contributed by atoms with E-state index in [1.807, 2.05) is 11.8 Å². The molecule has 0 unspecified atom stereocenters. The predicted molar refractivity (Wildman–Crippen MR) is 59.9 cm³/mol. The number of carbonyl (C=O) groups is 1. The van der Waals surface area contributed by atoms with Crippen LogP contribution in [0.3, 0.4) is 0 Å². The average Bonchev–Trinajstić information content (AvgIpc) is 2.26. The second kappa shape index (κ2) is 5.29. The largest absolute Gasteiger partial charge is 0.368 e. The van der Waals surface area contributed by atoms with Crippen LogP contribution in [0.1, 0.15) is 17.3 Å². The summed E-state index contributed by atoms with van der Waals surface area (Å²) in [6.07, 6.45) is 2.42. The molecule has 0 heterocycles. The third kappa shape index (κ3) is 2.65. The van der Waals surface area contributed by atoms with Gasteiger partial charge in [-0.1, -0.05) is 6.08 Å². The van der Waals surface area contributed by atoms with Gasteiger partial charge in [-0.25, -0.2) is 4.39 Å². The van der Waals surface area contributed by atoms with Crippen LogP contribution in [0.25, 0.3) is 0 Å². The first-order valence-corrected chi connectivity index (χ1v) is 4.83. The molecule has 0 saturated heterocycles. The smallest absolute Gasteiger partial charge is 0.152 e. The van der Waals surface area contributed by atoms with E-state index in [9.17, 15) is 9.18 Å². The zero-order chi connectivity index (χ0) is 11.3. The van der Waals surface area contributed by atoms with Crippen molar-refractivity contribution >= 4 is 12.0 Å². The molecule has 1 rings (SSSR count). The average molecular weight is 207 g/mol. The maximum Gasteiger partial charge on any atom is 0.152 e. The normalized spacial score (nSPS) is 9.73. The third-order valence-corrected chi connectivity index (χ3v) is 2.19. The van der Waals surface area contributed by atoms with Crippen LogP contribution in [0.2, 0.25) is 0 Å². The maximum absolute atomic E-state index is 12.9. The molecule has 0 N–H and O–H groups in total. The SMILES string of the molecule is C=CCN(CC)c1ccc(F)cc1C=O. The number of rotatable bonds is 5. The van der Waals surface area contributed by atoms with Crippen molar-refractivity contribution in [3.63, 3.8) is 0 Å². The van der Waals surface area contributed by atoms with E-state index in [0.717, 1.165) is 12.2 Å². The highest BCUT2D eigenvalue weighted by molar-refractivity contribution is 5.84. The van der Waals surface area contributed by atoms with Crippen molar-refractivity contribution in [2.24, 2.45) is 0 Å². The standard InChI is InChI=1S/C12H14FNO/c1-3-7-14(4-2)12-6-5-11(13)8-10(12)9-15/h3,5-6,8-9H,1,4,7H2,2H3. The van der Waals surface area contributed by atoms with E-state index in [1.54, 1.807) is 12.1 Å². The zero-order valence-corrected chi connectivity index (χ0v) is 8.74. The van der Waals surface area contributed by atoms with Gasteiger partial charge in [-0.3, -0.25) is 4.79 Å². The van der Waals surface area contributed by atoms with Gasteiger partial charge in [0.2, 0.25) is 0 Å². The van der Waals surface area contributed by atoms with Gasteiger partial charge in [0.15, 0.2) is 6.29 Å². The summed E-state index contributed by atoms with van der Waals surface area (Å²) in [4.78, 5) is 12.7. The Hall–Kier alpha value is -1.64. The first kappa shape index (κ1) is 11.4. The van der Waals surface area contributed by atoms with Gasteiger partial charge in [-0.05, 0) is 25.1 Å². The van der Waals surface area contributed by atoms with E-state index in [0.29, 0.717) is 18.4 Å².